The van der Waals surface area contributed by atoms with E-state index in [1.807, 2.05) is 0 Å². The molecule has 2 rings (SSSR count). The van der Waals surface area contributed by atoms with E-state index in [2.05, 4.69) is 31.3 Å². The Kier molecular flexibility index (Phi) is 5.88. The van der Waals surface area contributed by atoms with E-state index in [9.17, 15) is 8.78 Å². The molecule has 0 aliphatic carbocycles. The first-order chi connectivity index (χ1) is 10.1. The fourth-order valence-electron chi connectivity index (χ4n) is 2.27. The SMILES string of the molecule is CCCNC(Cc1ccc(F)cc1F)c1ccc(CC)s1. The van der Waals surface area contributed by atoms with Crippen molar-refractivity contribution in [3.63, 3.8) is 0 Å². The highest BCUT2D eigenvalue weighted by Crippen LogP contribution is 2.27. The van der Waals surface area contributed by atoms with E-state index in [4.69, 9.17) is 0 Å². The van der Waals surface area contributed by atoms with Crippen molar-refractivity contribution in [3.05, 3.63) is 57.3 Å². The van der Waals surface area contributed by atoms with Crippen LogP contribution in [0.4, 0.5) is 8.78 Å². The third-order valence-electron chi connectivity index (χ3n) is 3.45. The highest BCUT2D eigenvalue weighted by Gasteiger charge is 2.16. The van der Waals surface area contributed by atoms with E-state index in [0.29, 0.717) is 12.0 Å². The lowest BCUT2D eigenvalue weighted by molar-refractivity contribution is 0.514. The fraction of sp³-hybridized carbons (Fsp3) is 0.412. The Balaban J connectivity index is 2.19. The number of rotatable bonds is 7. The smallest absolute Gasteiger partial charge is 0.129 e. The second-order valence-electron chi connectivity index (χ2n) is 5.10. The standard InChI is InChI=1S/C17H21F2NS/c1-3-9-20-16(17-8-7-14(4-2)21-17)10-12-5-6-13(18)11-15(12)19/h5-8,11,16,20H,3-4,9-10H2,1-2H3. The minimum Gasteiger partial charge on any atom is -0.309 e. The minimum absolute atomic E-state index is 0.0789. The van der Waals surface area contributed by atoms with Crippen LogP contribution in [0.3, 0.4) is 0 Å². The van der Waals surface area contributed by atoms with Crippen molar-refractivity contribution in [3.8, 4) is 0 Å². The molecule has 0 saturated carbocycles. The van der Waals surface area contributed by atoms with Crippen LogP contribution in [0.1, 0.15) is 41.6 Å². The molecule has 1 heterocycles. The van der Waals surface area contributed by atoms with Crippen molar-refractivity contribution in [2.45, 2.75) is 39.2 Å². The monoisotopic (exact) mass is 309 g/mol. The van der Waals surface area contributed by atoms with Crippen LogP contribution in [-0.2, 0) is 12.8 Å². The first kappa shape index (κ1) is 16.1. The summed E-state index contributed by atoms with van der Waals surface area (Å²) in [6.45, 7) is 5.12. The van der Waals surface area contributed by atoms with Gasteiger partial charge in [0.15, 0.2) is 0 Å². The van der Waals surface area contributed by atoms with Crippen molar-refractivity contribution in [1.82, 2.24) is 5.32 Å². The van der Waals surface area contributed by atoms with Crippen molar-refractivity contribution in [2.24, 2.45) is 0 Å². The number of hydrogen-bond donors (Lipinski definition) is 1. The molecule has 0 spiro atoms. The average molecular weight is 309 g/mol. The predicted octanol–water partition coefficient (Wildman–Crippen LogP) is 4.87. The van der Waals surface area contributed by atoms with Gasteiger partial charge < -0.3 is 5.32 Å². The molecule has 0 bridgehead atoms. The van der Waals surface area contributed by atoms with Crippen LogP contribution < -0.4 is 5.32 Å². The van der Waals surface area contributed by atoms with Gasteiger partial charge in [-0.15, -0.1) is 11.3 Å². The molecule has 0 saturated heterocycles. The molecule has 1 nitrogen and oxygen atoms in total. The molecule has 0 aliphatic rings. The van der Waals surface area contributed by atoms with E-state index in [1.54, 1.807) is 17.4 Å². The van der Waals surface area contributed by atoms with Crippen LogP contribution in [0.15, 0.2) is 30.3 Å². The van der Waals surface area contributed by atoms with Crippen LogP contribution in [0.5, 0.6) is 0 Å². The summed E-state index contributed by atoms with van der Waals surface area (Å²) < 4.78 is 26.9. The number of benzene rings is 1. The van der Waals surface area contributed by atoms with Gasteiger partial charge in [0, 0.05) is 21.9 Å². The van der Waals surface area contributed by atoms with Gasteiger partial charge in [-0.25, -0.2) is 8.78 Å². The molecule has 1 atom stereocenters. The third-order valence-corrected chi connectivity index (χ3v) is 4.80. The summed E-state index contributed by atoms with van der Waals surface area (Å²) in [6, 6.07) is 8.13. The number of halogens is 2. The minimum atomic E-state index is -0.529. The first-order valence-electron chi connectivity index (χ1n) is 7.40. The molecule has 2 aromatic rings. The van der Waals surface area contributed by atoms with Gasteiger partial charge in [0.2, 0.25) is 0 Å². The van der Waals surface area contributed by atoms with Gasteiger partial charge in [-0.2, -0.15) is 0 Å². The predicted molar refractivity (Wildman–Crippen MR) is 84.8 cm³/mol. The molecule has 1 aromatic carbocycles. The maximum absolute atomic E-state index is 13.9. The summed E-state index contributed by atoms with van der Waals surface area (Å²) in [4.78, 5) is 2.54. The largest absolute Gasteiger partial charge is 0.309 e. The van der Waals surface area contributed by atoms with Crippen LogP contribution >= 0.6 is 11.3 Å². The number of thiophene rings is 1. The molecule has 0 aliphatic heterocycles. The lowest BCUT2D eigenvalue weighted by Gasteiger charge is -2.17. The number of hydrogen-bond acceptors (Lipinski definition) is 2. The topological polar surface area (TPSA) is 12.0 Å². The van der Waals surface area contributed by atoms with Crippen molar-refractivity contribution in [2.75, 3.05) is 6.54 Å². The summed E-state index contributed by atoms with van der Waals surface area (Å²) in [5.74, 6) is -0.996. The van der Waals surface area contributed by atoms with Gasteiger partial charge in [-0.3, -0.25) is 0 Å². The lowest BCUT2D eigenvalue weighted by atomic mass is 10.0. The first-order valence-corrected chi connectivity index (χ1v) is 8.21. The normalized spacial score (nSPS) is 12.6. The Bertz CT molecular complexity index is 580. The van der Waals surface area contributed by atoms with Crippen molar-refractivity contribution >= 4 is 11.3 Å². The van der Waals surface area contributed by atoms with Gasteiger partial charge in [0.05, 0.1) is 0 Å². The molecular formula is C17H21F2NS. The molecule has 1 N–H and O–H groups in total. The molecule has 4 heteroatoms. The molecule has 0 radical (unpaired) electrons. The average Bonchev–Trinajstić information content (AvgIpc) is 2.94. The van der Waals surface area contributed by atoms with Gasteiger partial charge in [0.25, 0.3) is 0 Å². The van der Waals surface area contributed by atoms with Crippen molar-refractivity contribution in [1.29, 1.82) is 0 Å². The Labute approximate surface area is 129 Å². The Hall–Kier alpha value is -1.26. The zero-order valence-electron chi connectivity index (χ0n) is 12.5. The number of nitrogens with one attached hydrogen (secondary N) is 1. The lowest BCUT2D eigenvalue weighted by Crippen LogP contribution is -2.23. The Morgan fingerprint density at radius 1 is 1.14 bits per heavy atom. The van der Waals surface area contributed by atoms with Gasteiger partial charge in [0.1, 0.15) is 11.6 Å². The van der Waals surface area contributed by atoms with Gasteiger partial charge >= 0.3 is 0 Å². The number of aryl methyl sites for hydroxylation is 1. The van der Waals surface area contributed by atoms with E-state index in [0.717, 1.165) is 25.5 Å². The quantitative estimate of drug-likeness (QED) is 0.769. The highest BCUT2D eigenvalue weighted by atomic mass is 32.1. The molecule has 21 heavy (non-hydrogen) atoms. The third kappa shape index (κ3) is 4.35. The fourth-order valence-corrected chi connectivity index (χ4v) is 3.30. The van der Waals surface area contributed by atoms with Crippen molar-refractivity contribution < 1.29 is 8.78 Å². The zero-order chi connectivity index (χ0) is 15.2. The van der Waals surface area contributed by atoms with E-state index in [-0.39, 0.29) is 6.04 Å². The molecule has 114 valence electrons. The van der Waals surface area contributed by atoms with Crippen LogP contribution in [-0.4, -0.2) is 6.54 Å². The molecule has 1 unspecified atom stereocenters. The maximum atomic E-state index is 13.9. The Morgan fingerprint density at radius 3 is 2.57 bits per heavy atom. The van der Waals surface area contributed by atoms with Crippen LogP contribution in [0.25, 0.3) is 0 Å². The molecule has 0 amide bonds. The summed E-state index contributed by atoms with van der Waals surface area (Å²) in [6.07, 6.45) is 2.57. The van der Waals surface area contributed by atoms with Crippen LogP contribution in [0.2, 0.25) is 0 Å². The second-order valence-corrected chi connectivity index (χ2v) is 6.30. The summed E-state index contributed by atoms with van der Waals surface area (Å²) in [5, 5.41) is 3.46. The summed E-state index contributed by atoms with van der Waals surface area (Å²) >= 11 is 1.76. The zero-order valence-corrected chi connectivity index (χ0v) is 13.3. The van der Waals surface area contributed by atoms with Gasteiger partial charge in [-0.05, 0) is 49.6 Å². The second kappa shape index (κ2) is 7.66. The highest BCUT2D eigenvalue weighted by molar-refractivity contribution is 7.12. The van der Waals surface area contributed by atoms with E-state index < -0.39 is 11.6 Å². The van der Waals surface area contributed by atoms with Gasteiger partial charge in [-0.1, -0.05) is 19.9 Å². The maximum Gasteiger partial charge on any atom is 0.129 e. The molecule has 0 fully saturated rings. The Morgan fingerprint density at radius 2 is 1.95 bits per heavy atom. The summed E-state index contributed by atoms with van der Waals surface area (Å²) in [7, 11) is 0. The molecule has 1 aromatic heterocycles. The molecular weight excluding hydrogens is 288 g/mol. The van der Waals surface area contributed by atoms with E-state index >= 15 is 0 Å². The van der Waals surface area contributed by atoms with Crippen LogP contribution in [0, 0.1) is 11.6 Å². The van der Waals surface area contributed by atoms with E-state index in [1.165, 1.54) is 15.8 Å². The summed E-state index contributed by atoms with van der Waals surface area (Å²) in [5.41, 5.74) is 0.552.